The van der Waals surface area contributed by atoms with Gasteiger partial charge in [0, 0.05) is 11.3 Å². The lowest BCUT2D eigenvalue weighted by Gasteiger charge is -2.07. The van der Waals surface area contributed by atoms with E-state index in [4.69, 9.17) is 0 Å². The van der Waals surface area contributed by atoms with Gasteiger partial charge in [0.05, 0.1) is 11.3 Å². The van der Waals surface area contributed by atoms with Crippen molar-refractivity contribution in [2.45, 2.75) is 11.6 Å². The van der Waals surface area contributed by atoms with Crippen molar-refractivity contribution in [1.82, 2.24) is 26.0 Å². The van der Waals surface area contributed by atoms with E-state index in [0.29, 0.717) is 17.4 Å². The lowest BCUT2D eigenvalue weighted by atomic mass is 10.2. The van der Waals surface area contributed by atoms with E-state index >= 15 is 0 Å². The van der Waals surface area contributed by atoms with Gasteiger partial charge in [-0.1, -0.05) is 30.0 Å². The topological polar surface area (TPSA) is 99.8 Å². The minimum atomic E-state index is -0.724. The molecule has 0 atom stereocenters. The first-order valence-corrected chi connectivity index (χ1v) is 9.38. The van der Waals surface area contributed by atoms with Gasteiger partial charge < -0.3 is 0 Å². The van der Waals surface area contributed by atoms with Crippen LogP contribution in [0.3, 0.4) is 0 Å². The minimum absolute atomic E-state index is 0.00778. The molecule has 0 spiro atoms. The average molecular weight is 391 g/mol. The van der Waals surface area contributed by atoms with Crippen LogP contribution in [0.4, 0.5) is 4.39 Å². The van der Waals surface area contributed by atoms with E-state index in [0.717, 1.165) is 16.6 Å². The molecule has 2 heterocycles. The zero-order valence-corrected chi connectivity index (χ0v) is 15.0. The van der Waals surface area contributed by atoms with Gasteiger partial charge in [-0.3, -0.25) is 25.5 Å². The molecule has 3 aromatic rings. The minimum Gasteiger partial charge on any atom is -0.272 e. The number of rotatable bonds is 6. The monoisotopic (exact) mass is 391 g/mol. The van der Waals surface area contributed by atoms with Crippen molar-refractivity contribution < 1.29 is 14.0 Å². The summed E-state index contributed by atoms with van der Waals surface area (Å²) in [5.41, 5.74) is 4.26. The van der Waals surface area contributed by atoms with Gasteiger partial charge in [0.1, 0.15) is 11.6 Å². The van der Waals surface area contributed by atoms with Crippen LogP contribution in [0.15, 0.2) is 46.9 Å². The zero-order valence-electron chi connectivity index (χ0n) is 13.4. The molecule has 1 aromatic carbocycles. The first-order valence-electron chi connectivity index (χ1n) is 7.52. The second kappa shape index (κ2) is 8.59. The molecule has 0 saturated carbocycles. The number of nitrogens with one attached hydrogen (secondary N) is 3. The normalized spacial score (nSPS) is 10.5. The Hall–Kier alpha value is -2.72. The van der Waals surface area contributed by atoms with Gasteiger partial charge in [-0.15, -0.1) is 16.4 Å². The van der Waals surface area contributed by atoms with Crippen LogP contribution in [0.5, 0.6) is 0 Å². The van der Waals surface area contributed by atoms with E-state index in [2.05, 4.69) is 26.0 Å². The van der Waals surface area contributed by atoms with Crippen LogP contribution in [0.1, 0.15) is 21.1 Å². The number of thioether (sulfide) groups is 1. The first kappa shape index (κ1) is 18.1. The van der Waals surface area contributed by atoms with Gasteiger partial charge in [0.15, 0.2) is 0 Å². The second-order valence-corrected chi connectivity index (χ2v) is 7.07. The van der Waals surface area contributed by atoms with Gasteiger partial charge in [-0.25, -0.2) is 9.37 Å². The Morgan fingerprint density at radius 3 is 2.81 bits per heavy atom. The van der Waals surface area contributed by atoms with E-state index in [1.807, 2.05) is 17.5 Å². The highest BCUT2D eigenvalue weighted by Gasteiger charge is 2.12. The van der Waals surface area contributed by atoms with Gasteiger partial charge in [0.2, 0.25) is 11.1 Å². The molecule has 0 aliphatic heterocycles. The molecule has 0 bridgehead atoms. The maximum atomic E-state index is 13.5. The molecule has 0 aliphatic rings. The Balaban J connectivity index is 1.43. The lowest BCUT2D eigenvalue weighted by molar-refractivity contribution is -0.119. The third-order valence-electron chi connectivity index (χ3n) is 3.20. The highest BCUT2D eigenvalue weighted by molar-refractivity contribution is 7.99. The average Bonchev–Trinajstić information content (AvgIpc) is 3.31. The number of aromatic amines is 1. The van der Waals surface area contributed by atoms with E-state index in [-0.39, 0.29) is 11.3 Å². The second-order valence-electron chi connectivity index (χ2n) is 5.09. The molecule has 10 heteroatoms. The van der Waals surface area contributed by atoms with Crippen molar-refractivity contribution in [3.05, 3.63) is 63.9 Å². The molecule has 0 fully saturated rings. The standard InChI is InChI=1S/C16H14FN5O2S2/c17-12-6-2-1-5-11(12)15(24)21-20-14(23)9-26-16-18-13(19-22-16)8-10-4-3-7-25-10/h1-7H,8-9H2,(H,20,23)(H,21,24)(H,18,19,22). The number of hydrogen-bond donors (Lipinski definition) is 3. The fraction of sp³-hybridized carbons (Fsp3) is 0.125. The van der Waals surface area contributed by atoms with Crippen LogP contribution in [-0.4, -0.2) is 32.7 Å². The molecule has 3 N–H and O–H groups in total. The highest BCUT2D eigenvalue weighted by atomic mass is 32.2. The van der Waals surface area contributed by atoms with Gasteiger partial charge >= 0.3 is 0 Å². The van der Waals surface area contributed by atoms with Crippen molar-refractivity contribution >= 4 is 34.9 Å². The van der Waals surface area contributed by atoms with Crippen molar-refractivity contribution in [1.29, 1.82) is 0 Å². The molecular formula is C16H14FN5O2S2. The predicted octanol–water partition coefficient (Wildman–Crippen LogP) is 2.15. The number of H-pyrrole nitrogens is 1. The number of halogens is 1. The summed E-state index contributed by atoms with van der Waals surface area (Å²) in [7, 11) is 0. The van der Waals surface area contributed by atoms with Gasteiger partial charge in [-0.2, -0.15) is 0 Å². The Bertz CT molecular complexity index is 898. The van der Waals surface area contributed by atoms with E-state index in [1.165, 1.54) is 24.3 Å². The molecule has 0 aliphatic carbocycles. The number of nitrogens with zero attached hydrogens (tertiary/aromatic N) is 2. The number of amides is 2. The van der Waals surface area contributed by atoms with Crippen LogP contribution in [0, 0.1) is 5.82 Å². The van der Waals surface area contributed by atoms with Gasteiger partial charge in [0.25, 0.3) is 5.91 Å². The van der Waals surface area contributed by atoms with Crippen molar-refractivity contribution in [3.63, 3.8) is 0 Å². The van der Waals surface area contributed by atoms with Crippen LogP contribution in [0.25, 0.3) is 0 Å². The summed E-state index contributed by atoms with van der Waals surface area (Å²) in [6.45, 7) is 0. The number of carbonyl (C=O) groups is 2. The molecular weight excluding hydrogens is 377 g/mol. The quantitative estimate of drug-likeness (QED) is 0.442. The Morgan fingerprint density at radius 2 is 2.04 bits per heavy atom. The Labute approximate surface area is 156 Å². The summed E-state index contributed by atoms with van der Waals surface area (Å²) in [5, 5.41) is 9.29. The van der Waals surface area contributed by atoms with Crippen LogP contribution >= 0.6 is 23.1 Å². The summed E-state index contributed by atoms with van der Waals surface area (Å²) in [5.74, 6) is -1.12. The maximum absolute atomic E-state index is 13.5. The van der Waals surface area contributed by atoms with Crippen molar-refractivity contribution in [3.8, 4) is 0 Å². The largest absolute Gasteiger partial charge is 0.272 e. The Morgan fingerprint density at radius 1 is 1.19 bits per heavy atom. The molecule has 3 rings (SSSR count). The number of hydrazine groups is 1. The summed E-state index contributed by atoms with van der Waals surface area (Å²) in [6.07, 6.45) is 0.649. The summed E-state index contributed by atoms with van der Waals surface area (Å²) >= 11 is 2.75. The molecule has 2 amide bonds. The fourth-order valence-corrected chi connectivity index (χ4v) is 3.33. The van der Waals surface area contributed by atoms with Crippen LogP contribution in [0.2, 0.25) is 0 Å². The van der Waals surface area contributed by atoms with E-state index in [1.54, 1.807) is 11.3 Å². The summed E-state index contributed by atoms with van der Waals surface area (Å²) < 4.78 is 13.5. The smallest absolute Gasteiger partial charge is 0.272 e. The third-order valence-corrected chi connectivity index (χ3v) is 4.92. The van der Waals surface area contributed by atoms with Crippen molar-refractivity contribution in [2.24, 2.45) is 0 Å². The number of carbonyl (C=O) groups excluding carboxylic acids is 2. The summed E-state index contributed by atoms with van der Waals surface area (Å²) in [4.78, 5) is 29.0. The highest BCUT2D eigenvalue weighted by Crippen LogP contribution is 2.16. The number of hydrogen-bond acceptors (Lipinski definition) is 6. The molecule has 0 radical (unpaired) electrons. The maximum Gasteiger partial charge on any atom is 0.272 e. The van der Waals surface area contributed by atoms with Crippen LogP contribution in [-0.2, 0) is 11.2 Å². The molecule has 26 heavy (non-hydrogen) atoms. The molecule has 0 saturated heterocycles. The summed E-state index contributed by atoms with van der Waals surface area (Å²) in [6, 6.07) is 9.48. The SMILES string of the molecule is O=C(CSc1n[nH]c(Cc2cccs2)n1)NNC(=O)c1ccccc1F. The van der Waals surface area contributed by atoms with E-state index in [9.17, 15) is 14.0 Å². The zero-order chi connectivity index (χ0) is 18.4. The predicted molar refractivity (Wildman–Crippen MR) is 96.2 cm³/mol. The first-order chi connectivity index (χ1) is 12.6. The molecule has 2 aromatic heterocycles. The van der Waals surface area contributed by atoms with E-state index < -0.39 is 17.6 Å². The molecule has 134 valence electrons. The van der Waals surface area contributed by atoms with Gasteiger partial charge in [-0.05, 0) is 23.6 Å². The molecule has 0 unspecified atom stereocenters. The number of benzene rings is 1. The fourth-order valence-electron chi connectivity index (χ4n) is 2.00. The Kier molecular flexibility index (Phi) is 5.97. The number of aromatic nitrogens is 3. The van der Waals surface area contributed by atoms with Crippen LogP contribution < -0.4 is 10.9 Å². The lowest BCUT2D eigenvalue weighted by Crippen LogP contribution is -2.42. The van der Waals surface area contributed by atoms with Crippen molar-refractivity contribution in [2.75, 3.05) is 5.75 Å². The number of thiophene rings is 1. The third kappa shape index (κ3) is 4.90. The molecule has 7 nitrogen and oxygen atoms in total.